The van der Waals surface area contributed by atoms with Crippen molar-refractivity contribution in [2.24, 2.45) is 0 Å². The second-order valence-corrected chi connectivity index (χ2v) is 6.02. The van der Waals surface area contributed by atoms with E-state index in [4.69, 9.17) is 9.47 Å². The Morgan fingerprint density at radius 2 is 1.91 bits per heavy atom. The van der Waals surface area contributed by atoms with Crippen molar-refractivity contribution < 1.29 is 27.4 Å². The number of carbonyl (C=O) groups is 1. The van der Waals surface area contributed by atoms with E-state index < -0.39 is 5.51 Å². The van der Waals surface area contributed by atoms with Crippen LogP contribution in [0.2, 0.25) is 0 Å². The van der Waals surface area contributed by atoms with E-state index in [0.717, 1.165) is 0 Å². The van der Waals surface area contributed by atoms with Crippen molar-refractivity contribution in [3.05, 3.63) is 24.3 Å². The second-order valence-electron chi connectivity index (χ2n) is 4.88. The molecule has 1 heterocycles. The molecule has 23 heavy (non-hydrogen) atoms. The van der Waals surface area contributed by atoms with Crippen molar-refractivity contribution in [1.82, 2.24) is 4.90 Å². The molecule has 0 bridgehead atoms. The number of alkyl halides is 3. The summed E-state index contributed by atoms with van der Waals surface area (Å²) in [5, 5.41) is 2.62. The van der Waals surface area contributed by atoms with E-state index in [1.54, 1.807) is 7.05 Å². The summed E-state index contributed by atoms with van der Waals surface area (Å²) in [6.45, 7) is 1.56. The number of ether oxygens (including phenoxy) is 2. The normalized spacial score (nSPS) is 15.7. The van der Waals surface area contributed by atoms with Gasteiger partial charge in [-0.05, 0) is 36.0 Å². The molecule has 2 amide bonds. The number of nitrogens with zero attached hydrogens (tertiary/aromatic N) is 1. The minimum absolute atomic E-state index is 0.0689. The van der Waals surface area contributed by atoms with Crippen LogP contribution >= 0.6 is 11.8 Å². The molecule has 0 saturated carbocycles. The van der Waals surface area contributed by atoms with Crippen LogP contribution in [0.15, 0.2) is 29.2 Å². The molecule has 0 aromatic heterocycles. The Kier molecular flexibility index (Phi) is 6.14. The fraction of sp³-hybridized carbons (Fsp3) is 0.500. The largest absolute Gasteiger partial charge is 0.446 e. The lowest BCUT2D eigenvalue weighted by molar-refractivity contribution is -0.0488. The number of urea groups is 1. The van der Waals surface area contributed by atoms with Crippen molar-refractivity contribution in [1.29, 1.82) is 0 Å². The first-order chi connectivity index (χ1) is 10.8. The summed E-state index contributed by atoms with van der Waals surface area (Å²) < 4.78 is 47.3. The van der Waals surface area contributed by atoms with Gasteiger partial charge in [0, 0.05) is 30.6 Å². The molecule has 0 aliphatic carbocycles. The first kappa shape index (κ1) is 17.9. The van der Waals surface area contributed by atoms with E-state index in [1.165, 1.54) is 29.2 Å². The van der Waals surface area contributed by atoms with Gasteiger partial charge < -0.3 is 19.7 Å². The highest BCUT2D eigenvalue weighted by Crippen LogP contribution is 2.37. The number of thioether (sulfide) groups is 1. The molecule has 1 aromatic carbocycles. The van der Waals surface area contributed by atoms with E-state index in [1.807, 2.05) is 0 Å². The van der Waals surface area contributed by atoms with E-state index in [-0.39, 0.29) is 29.0 Å². The van der Waals surface area contributed by atoms with Crippen LogP contribution in [0, 0.1) is 0 Å². The molecule has 0 spiro atoms. The van der Waals surface area contributed by atoms with Gasteiger partial charge in [0.1, 0.15) is 0 Å². The Labute approximate surface area is 136 Å². The van der Waals surface area contributed by atoms with Crippen molar-refractivity contribution in [2.45, 2.75) is 23.1 Å². The lowest BCUT2D eigenvalue weighted by Gasteiger charge is -2.19. The van der Waals surface area contributed by atoms with Crippen LogP contribution in [-0.4, -0.2) is 49.5 Å². The highest BCUT2D eigenvalue weighted by molar-refractivity contribution is 8.00. The number of hydrogen-bond acceptors (Lipinski definition) is 4. The van der Waals surface area contributed by atoms with Crippen molar-refractivity contribution >= 4 is 23.5 Å². The highest BCUT2D eigenvalue weighted by atomic mass is 32.2. The van der Waals surface area contributed by atoms with Crippen LogP contribution in [0.3, 0.4) is 0 Å². The second kappa shape index (κ2) is 7.89. The number of amides is 2. The first-order valence-corrected chi connectivity index (χ1v) is 7.76. The number of carbonyl (C=O) groups excluding carboxylic acids is 1. The monoisotopic (exact) mass is 350 g/mol. The summed E-state index contributed by atoms with van der Waals surface area (Å²) in [4.78, 5) is 13.5. The van der Waals surface area contributed by atoms with Gasteiger partial charge in [-0.2, -0.15) is 13.2 Å². The molecular weight excluding hydrogens is 333 g/mol. The van der Waals surface area contributed by atoms with Gasteiger partial charge in [0.25, 0.3) is 0 Å². The Bertz CT molecular complexity index is 519. The summed E-state index contributed by atoms with van der Waals surface area (Å²) in [6, 6.07) is 5.15. The highest BCUT2D eigenvalue weighted by Gasteiger charge is 2.29. The summed E-state index contributed by atoms with van der Waals surface area (Å²) in [5.41, 5.74) is -3.89. The van der Waals surface area contributed by atoms with E-state index in [9.17, 15) is 18.0 Å². The summed E-state index contributed by atoms with van der Waals surface area (Å²) >= 11 is -0.194. The summed E-state index contributed by atoms with van der Waals surface area (Å²) in [6.07, 6.45) is 0.273. The summed E-state index contributed by atoms with van der Waals surface area (Å²) in [7, 11) is 1.62. The summed E-state index contributed by atoms with van der Waals surface area (Å²) in [5.74, 6) is 0. The van der Waals surface area contributed by atoms with Crippen molar-refractivity contribution in [3.63, 3.8) is 0 Å². The fourth-order valence-electron chi connectivity index (χ4n) is 1.93. The van der Waals surface area contributed by atoms with Gasteiger partial charge in [0.15, 0.2) is 6.29 Å². The molecule has 128 valence electrons. The SMILES string of the molecule is CN(CCC1OCCO1)C(=O)Nc1ccc(SC(F)(F)F)cc1. The average Bonchev–Trinajstić information content (AvgIpc) is 2.98. The minimum Gasteiger partial charge on any atom is -0.350 e. The van der Waals surface area contributed by atoms with Gasteiger partial charge in [-0.15, -0.1) is 0 Å². The number of hydrogen-bond donors (Lipinski definition) is 1. The van der Waals surface area contributed by atoms with Crippen LogP contribution in [0.5, 0.6) is 0 Å². The van der Waals surface area contributed by atoms with Crippen molar-refractivity contribution in [2.75, 3.05) is 32.1 Å². The third-order valence-electron chi connectivity index (χ3n) is 3.08. The van der Waals surface area contributed by atoms with E-state index in [2.05, 4.69) is 5.32 Å². The Hall–Kier alpha value is -1.45. The number of rotatable bonds is 5. The zero-order valence-electron chi connectivity index (χ0n) is 12.4. The zero-order valence-corrected chi connectivity index (χ0v) is 13.2. The molecule has 1 aliphatic rings. The Morgan fingerprint density at radius 3 is 2.48 bits per heavy atom. The molecule has 1 saturated heterocycles. The molecule has 1 aliphatic heterocycles. The van der Waals surface area contributed by atoms with Gasteiger partial charge in [0.2, 0.25) is 0 Å². The minimum atomic E-state index is -4.32. The molecule has 0 radical (unpaired) electrons. The Balaban J connectivity index is 1.79. The van der Waals surface area contributed by atoms with Gasteiger partial charge in [0.05, 0.1) is 13.2 Å². The van der Waals surface area contributed by atoms with Gasteiger partial charge in [-0.25, -0.2) is 4.79 Å². The van der Waals surface area contributed by atoms with E-state index in [0.29, 0.717) is 31.9 Å². The molecule has 1 N–H and O–H groups in total. The predicted molar refractivity (Wildman–Crippen MR) is 80.3 cm³/mol. The van der Waals surface area contributed by atoms with Crippen LogP contribution in [-0.2, 0) is 9.47 Å². The van der Waals surface area contributed by atoms with Crippen LogP contribution in [0.4, 0.5) is 23.7 Å². The molecule has 5 nitrogen and oxygen atoms in total. The Morgan fingerprint density at radius 1 is 1.30 bits per heavy atom. The molecule has 1 fully saturated rings. The van der Waals surface area contributed by atoms with Crippen LogP contribution < -0.4 is 5.32 Å². The third-order valence-corrected chi connectivity index (χ3v) is 3.82. The predicted octanol–water partition coefficient (Wildman–Crippen LogP) is 3.53. The quantitative estimate of drug-likeness (QED) is 0.826. The van der Waals surface area contributed by atoms with Crippen molar-refractivity contribution in [3.8, 4) is 0 Å². The maximum Gasteiger partial charge on any atom is 0.446 e. The number of nitrogens with one attached hydrogen (secondary N) is 1. The van der Waals surface area contributed by atoms with E-state index >= 15 is 0 Å². The van der Waals surface area contributed by atoms with Gasteiger partial charge in [-0.1, -0.05) is 0 Å². The zero-order chi connectivity index (χ0) is 16.9. The average molecular weight is 350 g/mol. The van der Waals surface area contributed by atoms with Gasteiger partial charge >= 0.3 is 11.5 Å². The third kappa shape index (κ3) is 6.28. The standard InChI is InChI=1S/C14H17F3N2O3S/c1-19(7-6-12-21-8-9-22-12)13(20)18-10-2-4-11(5-3-10)23-14(15,16)17/h2-5,12H,6-9H2,1H3,(H,18,20). The topological polar surface area (TPSA) is 50.8 Å². The van der Waals surface area contributed by atoms with Crippen LogP contribution in [0.25, 0.3) is 0 Å². The number of anilines is 1. The number of halogens is 3. The smallest absolute Gasteiger partial charge is 0.350 e. The molecule has 0 unspecified atom stereocenters. The lowest BCUT2D eigenvalue weighted by Crippen LogP contribution is -2.33. The molecule has 2 rings (SSSR count). The maximum absolute atomic E-state index is 12.2. The molecule has 1 aromatic rings. The number of benzene rings is 1. The maximum atomic E-state index is 12.2. The van der Waals surface area contributed by atoms with Gasteiger partial charge in [-0.3, -0.25) is 0 Å². The lowest BCUT2D eigenvalue weighted by atomic mass is 10.3. The van der Waals surface area contributed by atoms with Crippen LogP contribution in [0.1, 0.15) is 6.42 Å². The molecule has 0 atom stereocenters. The molecule has 9 heteroatoms. The first-order valence-electron chi connectivity index (χ1n) is 6.94. The fourth-order valence-corrected chi connectivity index (χ4v) is 2.47. The molecular formula is C14H17F3N2O3S.